The second-order valence-electron chi connectivity index (χ2n) is 9.66. The Morgan fingerprint density at radius 3 is 2.46 bits per heavy atom. The second kappa shape index (κ2) is 8.42. The van der Waals surface area contributed by atoms with E-state index in [0.717, 1.165) is 6.26 Å². The first-order chi connectivity index (χ1) is 16.2. The minimum Gasteiger partial charge on any atom is -0.511 e. The third kappa shape index (κ3) is 4.08. The number of nitrogens with one attached hydrogen (secondary N) is 1. The van der Waals surface area contributed by atoms with Crippen molar-refractivity contribution in [1.82, 2.24) is 4.72 Å². The van der Waals surface area contributed by atoms with Crippen molar-refractivity contribution in [3.05, 3.63) is 57.7 Å². The zero-order chi connectivity index (χ0) is 26.0. The summed E-state index contributed by atoms with van der Waals surface area (Å²) in [5, 5.41) is 32.6. The Kier molecular flexibility index (Phi) is 5.97. The van der Waals surface area contributed by atoms with Gasteiger partial charge in [-0.15, -0.1) is 0 Å². The molecule has 3 unspecified atom stereocenters. The fourth-order valence-electron chi connectivity index (χ4n) is 5.56. The maximum Gasteiger partial charge on any atom is 0.209 e. The van der Waals surface area contributed by atoms with E-state index in [-0.39, 0.29) is 58.2 Å². The van der Waals surface area contributed by atoms with Gasteiger partial charge in [-0.1, -0.05) is 6.58 Å². The largest absolute Gasteiger partial charge is 0.511 e. The lowest BCUT2D eigenvalue weighted by Gasteiger charge is -2.41. The number of allylic oxidation sites excluding steroid dienone is 4. The molecule has 11 heteroatoms. The number of hydrogen-bond donors (Lipinski definition) is 5. The van der Waals surface area contributed by atoms with Crippen LogP contribution in [0.15, 0.2) is 41.0 Å². The molecule has 0 radical (unpaired) electrons. The van der Waals surface area contributed by atoms with Gasteiger partial charge in [-0.25, -0.2) is 13.1 Å². The molecule has 0 fully saturated rings. The lowest BCUT2D eigenvalue weighted by atomic mass is 9.62. The molecule has 3 atom stereocenters. The number of ketones is 2. The van der Waals surface area contributed by atoms with Crippen molar-refractivity contribution < 1.29 is 33.3 Å². The number of fused-ring (bicyclic) bond motifs is 3. The van der Waals surface area contributed by atoms with Gasteiger partial charge < -0.3 is 26.0 Å². The zero-order valence-corrected chi connectivity index (χ0v) is 20.6. The Morgan fingerprint density at radius 2 is 1.89 bits per heavy atom. The van der Waals surface area contributed by atoms with Crippen LogP contribution >= 0.6 is 0 Å². The molecule has 3 aliphatic rings. The van der Waals surface area contributed by atoms with Crippen LogP contribution in [0.25, 0.3) is 0 Å². The topological polar surface area (TPSA) is 170 Å². The van der Waals surface area contributed by atoms with E-state index in [9.17, 15) is 33.3 Å². The summed E-state index contributed by atoms with van der Waals surface area (Å²) in [5.41, 5.74) is 6.93. The average Bonchev–Trinajstić information content (AvgIpc) is 2.71. The average molecular weight is 504 g/mol. The molecule has 0 spiro atoms. The van der Waals surface area contributed by atoms with Gasteiger partial charge in [0.25, 0.3) is 0 Å². The maximum atomic E-state index is 13.7. The van der Waals surface area contributed by atoms with E-state index in [1.54, 1.807) is 25.1 Å². The number of anilines is 1. The Hall–Kier alpha value is -3.31. The van der Waals surface area contributed by atoms with E-state index in [4.69, 9.17) is 5.73 Å². The number of carbonyl (C=O) groups is 2. The monoisotopic (exact) mass is 503 g/mol. The van der Waals surface area contributed by atoms with Crippen LogP contribution in [-0.4, -0.2) is 55.7 Å². The van der Waals surface area contributed by atoms with E-state index >= 15 is 0 Å². The maximum absolute atomic E-state index is 13.7. The fraction of sp³-hybridized carbons (Fsp3) is 0.417. The van der Waals surface area contributed by atoms with Crippen molar-refractivity contribution in [2.45, 2.75) is 25.8 Å². The van der Waals surface area contributed by atoms with Crippen LogP contribution in [0.3, 0.4) is 0 Å². The van der Waals surface area contributed by atoms with Gasteiger partial charge in [0.1, 0.15) is 17.3 Å². The molecule has 6 N–H and O–H groups in total. The van der Waals surface area contributed by atoms with E-state index in [1.807, 2.05) is 0 Å². The van der Waals surface area contributed by atoms with Crippen LogP contribution in [-0.2, 0) is 27.8 Å². The number of aliphatic hydroxyl groups is 2. The summed E-state index contributed by atoms with van der Waals surface area (Å²) in [5.74, 6) is -3.97. The van der Waals surface area contributed by atoms with Crippen LogP contribution in [0.2, 0.25) is 0 Å². The molecule has 1 aromatic rings. The quantitative estimate of drug-likeness (QED) is 0.400. The number of phenols is 1. The van der Waals surface area contributed by atoms with Crippen LogP contribution in [0.1, 0.15) is 34.3 Å². The van der Waals surface area contributed by atoms with Crippen molar-refractivity contribution in [3.63, 3.8) is 0 Å². The molecule has 0 saturated carbocycles. The lowest BCUT2D eigenvalue weighted by Crippen LogP contribution is -2.42. The molecule has 0 saturated heterocycles. The first-order valence-electron chi connectivity index (χ1n) is 11.1. The molecular weight excluding hydrogens is 474 g/mol. The van der Waals surface area contributed by atoms with Crippen molar-refractivity contribution >= 4 is 27.3 Å². The Balaban J connectivity index is 1.86. The summed E-state index contributed by atoms with van der Waals surface area (Å²) in [6.45, 7) is 3.31. The Labute approximate surface area is 203 Å². The molecule has 1 aromatic carbocycles. The molecule has 0 aromatic heterocycles. The Morgan fingerprint density at radius 1 is 1.23 bits per heavy atom. The van der Waals surface area contributed by atoms with E-state index in [1.165, 1.54) is 0 Å². The first kappa shape index (κ1) is 24.8. The van der Waals surface area contributed by atoms with Crippen molar-refractivity contribution in [1.29, 1.82) is 0 Å². The van der Waals surface area contributed by atoms with Gasteiger partial charge in [0.15, 0.2) is 11.6 Å². The molecule has 0 aliphatic heterocycles. The predicted octanol–water partition coefficient (Wildman–Crippen LogP) is 1.57. The number of aliphatic hydroxyl groups excluding tert-OH is 2. The lowest BCUT2D eigenvalue weighted by molar-refractivity contribution is -0.122. The van der Waals surface area contributed by atoms with Crippen molar-refractivity contribution in [2.24, 2.45) is 23.5 Å². The summed E-state index contributed by atoms with van der Waals surface area (Å²) in [7, 11) is -0.0150. The van der Waals surface area contributed by atoms with Crippen LogP contribution in [0, 0.1) is 17.8 Å². The molecule has 0 bridgehead atoms. The van der Waals surface area contributed by atoms with Gasteiger partial charge in [-0.3, -0.25) is 9.59 Å². The molecular formula is C24H29N3O7S. The highest BCUT2D eigenvalue weighted by Crippen LogP contribution is 2.51. The van der Waals surface area contributed by atoms with Gasteiger partial charge in [0.05, 0.1) is 23.3 Å². The molecule has 3 aliphatic carbocycles. The van der Waals surface area contributed by atoms with Gasteiger partial charge in [-0.05, 0) is 36.3 Å². The van der Waals surface area contributed by atoms with Crippen LogP contribution in [0.4, 0.5) is 5.69 Å². The Bertz CT molecular complexity index is 1340. The number of benzene rings is 1. The smallest absolute Gasteiger partial charge is 0.209 e. The van der Waals surface area contributed by atoms with Gasteiger partial charge >= 0.3 is 0 Å². The van der Waals surface area contributed by atoms with E-state index in [0.29, 0.717) is 24.1 Å². The highest BCUT2D eigenvalue weighted by Gasteiger charge is 2.50. The van der Waals surface area contributed by atoms with Crippen molar-refractivity contribution in [2.75, 3.05) is 25.3 Å². The summed E-state index contributed by atoms with van der Waals surface area (Å²) >= 11 is 0. The van der Waals surface area contributed by atoms with Gasteiger partial charge in [-0.2, -0.15) is 0 Å². The van der Waals surface area contributed by atoms with E-state index < -0.39 is 39.3 Å². The molecule has 4 rings (SSSR count). The normalized spacial score (nSPS) is 24.1. The summed E-state index contributed by atoms with van der Waals surface area (Å²) in [6, 6.07) is 1.64. The van der Waals surface area contributed by atoms with Crippen LogP contribution < -0.4 is 15.4 Å². The first-order valence-corrected chi connectivity index (χ1v) is 13.0. The number of Topliss-reactive ketones (excluding diaryl/α,β-unsaturated/α-hetero) is 2. The SMILES string of the molecule is C=C(N)C1=C(O)CC2CC3Cc4c(N(C)C)cc(CNS(C)(=O)=O)c(O)c4C(=O)C3=C(O)C2C1=O. The molecule has 188 valence electrons. The van der Waals surface area contributed by atoms with Gasteiger partial charge in [0.2, 0.25) is 10.0 Å². The second-order valence-corrected chi connectivity index (χ2v) is 11.5. The number of carbonyl (C=O) groups excluding carboxylic acids is 2. The summed E-state index contributed by atoms with van der Waals surface area (Å²) in [6.07, 6.45) is 1.81. The van der Waals surface area contributed by atoms with Crippen LogP contribution in [0.5, 0.6) is 5.75 Å². The predicted molar refractivity (Wildman–Crippen MR) is 129 cm³/mol. The standard InChI is InChI=1S/C24H29N3O7S/c1-10(25)17-16(28)8-12-5-11-6-14-15(27(2)3)7-13(9-26-35(4,33)34)21(29)20(14)24(32)18(11)23(31)19(12)22(17)30/h7,11-12,19,26,28-29,31H,1,5-6,8-9,25H2,2-4H3. The highest BCUT2D eigenvalue weighted by molar-refractivity contribution is 7.88. The highest BCUT2D eigenvalue weighted by atomic mass is 32.2. The molecule has 35 heavy (non-hydrogen) atoms. The van der Waals surface area contributed by atoms with Gasteiger partial charge in [0, 0.05) is 49.6 Å². The number of nitrogens with two attached hydrogens (primary N) is 1. The summed E-state index contributed by atoms with van der Waals surface area (Å²) < 4.78 is 25.5. The number of hydrogen-bond acceptors (Lipinski definition) is 9. The number of sulfonamides is 1. The third-order valence-electron chi connectivity index (χ3n) is 7.02. The number of rotatable bonds is 5. The molecule has 0 amide bonds. The minimum absolute atomic E-state index is 0.0112. The number of phenolic OH excluding ortho intramolecular Hbond substituents is 1. The fourth-order valence-corrected chi connectivity index (χ4v) is 5.98. The zero-order valence-electron chi connectivity index (χ0n) is 19.8. The minimum atomic E-state index is -3.56. The van der Waals surface area contributed by atoms with E-state index in [2.05, 4.69) is 11.3 Å². The third-order valence-corrected chi connectivity index (χ3v) is 7.69. The number of nitrogens with zero attached hydrogens (tertiary/aromatic N) is 1. The molecule has 0 heterocycles. The number of aromatic hydroxyl groups is 1. The van der Waals surface area contributed by atoms with Crippen molar-refractivity contribution in [3.8, 4) is 5.75 Å². The molecule has 10 nitrogen and oxygen atoms in total. The summed E-state index contributed by atoms with van der Waals surface area (Å²) in [4.78, 5) is 28.6.